The van der Waals surface area contributed by atoms with Gasteiger partial charge in [-0.15, -0.1) is 12.4 Å². The smallest absolute Gasteiger partial charge is 0.160 e. The predicted octanol–water partition coefficient (Wildman–Crippen LogP) is 3.98. The van der Waals surface area contributed by atoms with E-state index in [0.717, 1.165) is 26.2 Å². The van der Waals surface area contributed by atoms with Crippen LogP contribution in [0, 0.1) is 17.1 Å². The van der Waals surface area contributed by atoms with Gasteiger partial charge in [-0.2, -0.15) is 5.26 Å². The summed E-state index contributed by atoms with van der Waals surface area (Å²) in [5.41, 5.74) is 2.20. The van der Waals surface area contributed by atoms with Crippen LogP contribution in [0.1, 0.15) is 5.56 Å². The molecule has 0 aliphatic carbocycles. The van der Waals surface area contributed by atoms with E-state index in [9.17, 15) is 9.50 Å². The summed E-state index contributed by atoms with van der Waals surface area (Å²) in [5.74, 6) is 0.934. The monoisotopic (exact) mass is 470 g/mol. The van der Waals surface area contributed by atoms with Crippen LogP contribution >= 0.6 is 12.4 Å². The van der Waals surface area contributed by atoms with Gasteiger partial charge in [0.15, 0.2) is 11.5 Å². The third-order valence-corrected chi connectivity index (χ3v) is 5.46. The number of nitrogens with one attached hydrogen (secondary N) is 1. The Kier molecular flexibility index (Phi) is 7.59. The zero-order chi connectivity index (χ0) is 22.7. The number of piperazine rings is 1. The lowest BCUT2D eigenvalue weighted by Crippen LogP contribution is -2.43. The number of methoxy groups -OCH3 is 2. The Bertz CT molecular complexity index is 1190. The van der Waals surface area contributed by atoms with Crippen molar-refractivity contribution in [2.45, 2.75) is 0 Å². The minimum Gasteiger partial charge on any atom is -0.504 e. The number of phenolic OH excluding ortho intramolecular Hbond substituents is 1. The quantitative estimate of drug-likeness (QED) is 0.582. The standard InChI is InChI=1S/C24H23FN4O3.ClH/c1-31-20-6-5-15(12-19(20)30)23-21(32-2)13-22(29-9-7-27-8-10-29)28-24(23)16-3-4-17(14-26)18(25)11-16;/h3-6,11-13,27,30H,7-10H2,1-2H3;1H. The fourth-order valence-corrected chi connectivity index (χ4v) is 3.81. The Morgan fingerprint density at radius 3 is 2.33 bits per heavy atom. The largest absolute Gasteiger partial charge is 0.504 e. The first kappa shape index (κ1) is 24.1. The molecule has 7 nitrogen and oxygen atoms in total. The van der Waals surface area contributed by atoms with Gasteiger partial charge < -0.3 is 24.8 Å². The van der Waals surface area contributed by atoms with Crippen LogP contribution in [-0.2, 0) is 0 Å². The van der Waals surface area contributed by atoms with E-state index in [1.54, 1.807) is 31.4 Å². The van der Waals surface area contributed by atoms with Crippen molar-refractivity contribution in [3.05, 3.63) is 53.8 Å². The van der Waals surface area contributed by atoms with Crippen molar-refractivity contribution >= 4 is 18.2 Å². The van der Waals surface area contributed by atoms with Gasteiger partial charge in [-0.3, -0.25) is 0 Å². The van der Waals surface area contributed by atoms with Gasteiger partial charge >= 0.3 is 0 Å². The number of hydrogen-bond acceptors (Lipinski definition) is 7. The Morgan fingerprint density at radius 1 is 1.03 bits per heavy atom. The van der Waals surface area contributed by atoms with Gasteiger partial charge in [0, 0.05) is 37.8 Å². The SMILES string of the molecule is COc1ccc(-c2c(OC)cc(N3CCNCC3)nc2-c2ccc(C#N)c(F)c2)cc1O.Cl. The van der Waals surface area contributed by atoms with Crippen LogP contribution in [0.2, 0.25) is 0 Å². The zero-order valence-electron chi connectivity index (χ0n) is 18.3. The first-order valence-corrected chi connectivity index (χ1v) is 10.2. The van der Waals surface area contributed by atoms with Gasteiger partial charge in [-0.05, 0) is 29.8 Å². The maximum absolute atomic E-state index is 14.5. The predicted molar refractivity (Wildman–Crippen MR) is 127 cm³/mol. The third-order valence-electron chi connectivity index (χ3n) is 5.46. The zero-order valence-corrected chi connectivity index (χ0v) is 19.1. The Balaban J connectivity index is 0.00000306. The molecule has 1 aliphatic rings. The molecule has 9 heteroatoms. The van der Waals surface area contributed by atoms with Crippen LogP contribution in [0.5, 0.6) is 17.2 Å². The number of phenols is 1. The summed E-state index contributed by atoms with van der Waals surface area (Å²) in [5, 5.41) is 22.8. The van der Waals surface area contributed by atoms with E-state index in [-0.39, 0.29) is 23.7 Å². The van der Waals surface area contributed by atoms with E-state index in [0.29, 0.717) is 39.7 Å². The van der Waals surface area contributed by atoms with Gasteiger partial charge in [-0.25, -0.2) is 9.37 Å². The van der Waals surface area contributed by atoms with Gasteiger partial charge in [0.05, 0.1) is 31.0 Å². The summed E-state index contributed by atoms with van der Waals surface area (Å²) in [6.45, 7) is 3.22. The number of ether oxygens (including phenoxy) is 2. The Morgan fingerprint density at radius 2 is 1.73 bits per heavy atom. The first-order chi connectivity index (χ1) is 15.5. The van der Waals surface area contributed by atoms with E-state index < -0.39 is 5.82 Å². The molecule has 1 aromatic heterocycles. The molecule has 0 unspecified atom stereocenters. The lowest BCUT2D eigenvalue weighted by Gasteiger charge is -2.29. The van der Waals surface area contributed by atoms with Crippen molar-refractivity contribution in [3.63, 3.8) is 0 Å². The second kappa shape index (κ2) is 10.4. The molecular weight excluding hydrogens is 447 g/mol. The highest BCUT2D eigenvalue weighted by Gasteiger charge is 2.22. The number of halogens is 2. The van der Waals surface area contributed by atoms with Crippen molar-refractivity contribution in [2.75, 3.05) is 45.3 Å². The van der Waals surface area contributed by atoms with Crippen molar-refractivity contribution in [1.29, 1.82) is 5.26 Å². The lowest BCUT2D eigenvalue weighted by atomic mass is 9.97. The highest BCUT2D eigenvalue weighted by atomic mass is 35.5. The fraction of sp³-hybridized carbons (Fsp3) is 0.250. The summed E-state index contributed by atoms with van der Waals surface area (Å²) < 4.78 is 25.4. The van der Waals surface area contributed by atoms with Crippen molar-refractivity contribution in [1.82, 2.24) is 10.3 Å². The van der Waals surface area contributed by atoms with Crippen LogP contribution in [0.25, 0.3) is 22.4 Å². The highest BCUT2D eigenvalue weighted by Crippen LogP contribution is 2.43. The number of aromatic hydroxyl groups is 1. The molecule has 0 spiro atoms. The average molecular weight is 471 g/mol. The summed E-state index contributed by atoms with van der Waals surface area (Å²) in [6.07, 6.45) is 0. The van der Waals surface area contributed by atoms with Gasteiger partial charge in [0.25, 0.3) is 0 Å². The van der Waals surface area contributed by atoms with E-state index in [1.165, 1.54) is 19.2 Å². The number of rotatable bonds is 5. The second-order valence-electron chi connectivity index (χ2n) is 7.34. The molecule has 2 N–H and O–H groups in total. The number of anilines is 1. The molecule has 0 amide bonds. The number of nitrogens with zero attached hydrogens (tertiary/aromatic N) is 3. The number of aromatic nitrogens is 1. The molecule has 1 fully saturated rings. The highest BCUT2D eigenvalue weighted by molar-refractivity contribution is 5.87. The number of hydrogen-bond donors (Lipinski definition) is 2. The molecule has 33 heavy (non-hydrogen) atoms. The molecule has 2 aromatic carbocycles. The fourth-order valence-electron chi connectivity index (χ4n) is 3.81. The van der Waals surface area contributed by atoms with E-state index in [1.807, 2.05) is 12.1 Å². The van der Waals surface area contributed by atoms with E-state index in [4.69, 9.17) is 19.7 Å². The normalized spacial score (nSPS) is 13.1. The molecule has 0 radical (unpaired) electrons. The Hall–Kier alpha value is -3.54. The summed E-state index contributed by atoms with van der Waals surface area (Å²) in [4.78, 5) is 7.01. The number of nitriles is 1. The van der Waals surface area contributed by atoms with Crippen LogP contribution < -0.4 is 19.7 Å². The minimum absolute atomic E-state index is 0. The molecule has 0 bridgehead atoms. The van der Waals surface area contributed by atoms with E-state index >= 15 is 0 Å². The maximum Gasteiger partial charge on any atom is 0.160 e. The van der Waals surface area contributed by atoms with Gasteiger partial charge in [0.1, 0.15) is 23.5 Å². The topological polar surface area (TPSA) is 90.6 Å². The molecule has 2 heterocycles. The van der Waals surface area contributed by atoms with Crippen LogP contribution in [-0.4, -0.2) is 50.5 Å². The number of benzene rings is 2. The van der Waals surface area contributed by atoms with Crippen molar-refractivity contribution < 1.29 is 19.0 Å². The maximum atomic E-state index is 14.5. The molecule has 4 rings (SSSR count). The van der Waals surface area contributed by atoms with Crippen molar-refractivity contribution in [3.8, 4) is 45.7 Å². The average Bonchev–Trinajstić information content (AvgIpc) is 2.83. The minimum atomic E-state index is -0.623. The number of pyridine rings is 1. The van der Waals surface area contributed by atoms with E-state index in [2.05, 4.69) is 10.2 Å². The van der Waals surface area contributed by atoms with Crippen LogP contribution in [0.3, 0.4) is 0 Å². The molecule has 3 aromatic rings. The Labute approximate surface area is 197 Å². The van der Waals surface area contributed by atoms with Gasteiger partial charge in [-0.1, -0.05) is 12.1 Å². The summed E-state index contributed by atoms with van der Waals surface area (Å²) in [7, 11) is 3.04. The van der Waals surface area contributed by atoms with Crippen LogP contribution in [0.4, 0.5) is 10.2 Å². The van der Waals surface area contributed by atoms with Crippen LogP contribution in [0.15, 0.2) is 42.5 Å². The second-order valence-corrected chi connectivity index (χ2v) is 7.34. The molecule has 0 atom stereocenters. The molecular formula is C24H24ClFN4O3. The first-order valence-electron chi connectivity index (χ1n) is 10.2. The molecule has 0 saturated carbocycles. The van der Waals surface area contributed by atoms with Gasteiger partial charge in [0.2, 0.25) is 0 Å². The van der Waals surface area contributed by atoms with Crippen molar-refractivity contribution in [2.24, 2.45) is 0 Å². The lowest BCUT2D eigenvalue weighted by molar-refractivity contribution is 0.373. The molecule has 1 saturated heterocycles. The molecule has 1 aliphatic heterocycles. The summed E-state index contributed by atoms with van der Waals surface area (Å²) in [6, 6.07) is 13.1. The summed E-state index contributed by atoms with van der Waals surface area (Å²) >= 11 is 0. The third kappa shape index (κ3) is 4.80. The molecule has 172 valence electrons.